The Kier molecular flexibility index (Phi) is 7.53. The third-order valence-electron chi connectivity index (χ3n) is 6.44. The quantitative estimate of drug-likeness (QED) is 0.370. The second-order valence-corrected chi connectivity index (χ2v) is 9.82. The van der Waals surface area contributed by atoms with Crippen LogP contribution in [0.1, 0.15) is 45.8 Å². The van der Waals surface area contributed by atoms with Crippen LogP contribution in [0, 0.1) is 10.7 Å². The molecule has 2 unspecified atom stereocenters. The van der Waals surface area contributed by atoms with Gasteiger partial charge in [-0.1, -0.05) is 13.8 Å². The number of anilines is 1. The summed E-state index contributed by atoms with van der Waals surface area (Å²) in [5, 5.41) is 13.9. The Hall–Kier alpha value is -2.20. The first kappa shape index (κ1) is 25.4. The van der Waals surface area contributed by atoms with Crippen LogP contribution >= 0.6 is 12.2 Å². The summed E-state index contributed by atoms with van der Waals surface area (Å²) in [7, 11) is 0. The van der Waals surface area contributed by atoms with Gasteiger partial charge in [-0.3, -0.25) is 24.5 Å². The Morgan fingerprint density at radius 1 is 1.25 bits per heavy atom. The number of carbonyl (C=O) groups is 1. The summed E-state index contributed by atoms with van der Waals surface area (Å²) in [6.45, 7) is 4.78. The largest absolute Gasteiger partial charge is 0.386 e. The highest BCUT2D eigenvalue weighted by molar-refractivity contribution is 7.71. The molecule has 3 aliphatic rings. The first-order valence-corrected chi connectivity index (χ1v) is 12.6. The van der Waals surface area contributed by atoms with Crippen LogP contribution in [0.5, 0.6) is 0 Å². The molecular weight excluding hydrogens is 494 g/mol. The van der Waals surface area contributed by atoms with E-state index in [0.29, 0.717) is 19.6 Å². The number of aromatic nitrogens is 4. The number of hydrogen-bond donors (Lipinski definition) is 4. The second kappa shape index (κ2) is 10.7. The highest BCUT2D eigenvalue weighted by Crippen LogP contribution is 2.35. The Morgan fingerprint density at radius 3 is 2.64 bits per heavy atom. The lowest BCUT2D eigenvalue weighted by Crippen LogP contribution is -2.40. The molecule has 198 valence electrons. The van der Waals surface area contributed by atoms with E-state index in [-0.39, 0.29) is 46.6 Å². The van der Waals surface area contributed by atoms with Crippen LogP contribution in [0.2, 0.25) is 0 Å². The van der Waals surface area contributed by atoms with Crippen molar-refractivity contribution in [3.05, 3.63) is 15.1 Å². The number of amides is 1. The summed E-state index contributed by atoms with van der Waals surface area (Å²) >= 11 is 5.47. The van der Waals surface area contributed by atoms with Crippen molar-refractivity contribution in [3.63, 3.8) is 0 Å². The molecule has 3 saturated heterocycles. The second-order valence-electron chi connectivity index (χ2n) is 9.43. The lowest BCUT2D eigenvalue weighted by atomic mass is 10.1. The molecule has 0 spiro atoms. The molecule has 5 heterocycles. The SMILES string of the molecule is CC(C)C(=O)Nc1nc2c([nH]c(=S)n2[C@@H]2O[C@H](COC3CCCO3)[C@@H](OC3CCCO3)[C@@H]2O)c(=O)[nH]1. The average Bonchev–Trinajstić information content (AvgIpc) is 3.63. The molecule has 0 saturated carbocycles. The maximum absolute atomic E-state index is 12.7. The smallest absolute Gasteiger partial charge is 0.278 e. The fraction of sp³-hybridized carbons (Fsp3) is 0.727. The fourth-order valence-corrected chi connectivity index (χ4v) is 4.81. The predicted molar refractivity (Wildman–Crippen MR) is 128 cm³/mol. The summed E-state index contributed by atoms with van der Waals surface area (Å²) in [5.41, 5.74) is -0.306. The number of rotatable bonds is 8. The molecular formula is C22H31N5O8S. The van der Waals surface area contributed by atoms with Gasteiger partial charge in [0.25, 0.3) is 5.56 Å². The molecule has 36 heavy (non-hydrogen) atoms. The van der Waals surface area contributed by atoms with E-state index in [2.05, 4.69) is 20.3 Å². The molecule has 5 rings (SSSR count). The summed E-state index contributed by atoms with van der Waals surface area (Å²) in [6.07, 6.45) is -1.19. The first-order valence-electron chi connectivity index (χ1n) is 12.2. The molecule has 0 radical (unpaired) electrons. The van der Waals surface area contributed by atoms with Crippen molar-refractivity contribution in [2.75, 3.05) is 25.1 Å². The Bertz CT molecular complexity index is 1200. The van der Waals surface area contributed by atoms with Gasteiger partial charge in [0.2, 0.25) is 11.9 Å². The molecule has 13 nitrogen and oxygen atoms in total. The Balaban J connectivity index is 1.45. The number of imidazole rings is 1. The minimum Gasteiger partial charge on any atom is -0.386 e. The number of nitrogens with one attached hydrogen (secondary N) is 3. The van der Waals surface area contributed by atoms with Crippen LogP contribution in [0.15, 0.2) is 4.79 Å². The Morgan fingerprint density at radius 2 is 1.97 bits per heavy atom. The number of nitrogens with zero attached hydrogens (tertiary/aromatic N) is 2. The number of aliphatic hydroxyl groups excluding tert-OH is 1. The minimum absolute atomic E-state index is 0.0353. The number of hydrogen-bond acceptors (Lipinski definition) is 10. The van der Waals surface area contributed by atoms with Crippen molar-refractivity contribution in [1.29, 1.82) is 0 Å². The molecule has 3 aliphatic heterocycles. The zero-order valence-electron chi connectivity index (χ0n) is 20.1. The van der Waals surface area contributed by atoms with Gasteiger partial charge in [-0.15, -0.1) is 0 Å². The number of aliphatic hydroxyl groups is 1. The maximum atomic E-state index is 12.7. The fourth-order valence-electron chi connectivity index (χ4n) is 4.52. The van der Waals surface area contributed by atoms with Gasteiger partial charge >= 0.3 is 0 Å². The van der Waals surface area contributed by atoms with Crippen molar-refractivity contribution >= 4 is 35.2 Å². The summed E-state index contributed by atoms with van der Waals surface area (Å²) in [5.74, 6) is -0.669. The van der Waals surface area contributed by atoms with E-state index in [1.165, 1.54) is 4.57 Å². The number of ether oxygens (including phenoxy) is 5. The number of carbonyl (C=O) groups excluding carboxylic acids is 1. The van der Waals surface area contributed by atoms with Crippen LogP contribution in [-0.2, 0) is 28.5 Å². The highest BCUT2D eigenvalue weighted by atomic mass is 32.1. The van der Waals surface area contributed by atoms with Crippen molar-refractivity contribution < 1.29 is 33.6 Å². The number of H-pyrrole nitrogens is 2. The third kappa shape index (κ3) is 5.11. The van der Waals surface area contributed by atoms with Crippen LogP contribution in [0.4, 0.5) is 5.95 Å². The van der Waals surface area contributed by atoms with Crippen LogP contribution in [0.3, 0.4) is 0 Å². The van der Waals surface area contributed by atoms with Gasteiger partial charge in [0.05, 0.1) is 6.61 Å². The standard InChI is InChI=1S/C22H31N5O8S/c1-10(2)18(29)25-21-24-17-14(19(30)26-21)23-22(36)27(17)20-15(28)16(35-13-6-4-8-32-13)11(34-20)9-33-12-5-3-7-31-12/h10-13,15-16,20,28H,3-9H2,1-2H3,(H,23,36)(H2,24,25,26,29,30)/t11-,12?,13?,15+,16-,20-/m1/s1. The molecule has 2 aromatic heterocycles. The van der Waals surface area contributed by atoms with Gasteiger partial charge < -0.3 is 33.8 Å². The van der Waals surface area contributed by atoms with E-state index in [0.717, 1.165) is 19.3 Å². The highest BCUT2D eigenvalue weighted by Gasteiger charge is 2.48. The topological polar surface area (TPSA) is 162 Å². The minimum atomic E-state index is -1.17. The number of fused-ring (bicyclic) bond motifs is 1. The van der Waals surface area contributed by atoms with Crippen molar-refractivity contribution in [2.45, 2.75) is 76.7 Å². The van der Waals surface area contributed by atoms with E-state index in [9.17, 15) is 14.7 Å². The third-order valence-corrected chi connectivity index (χ3v) is 6.74. The molecule has 1 amide bonds. The van der Waals surface area contributed by atoms with Gasteiger partial charge in [0.15, 0.2) is 34.7 Å². The van der Waals surface area contributed by atoms with Crippen LogP contribution < -0.4 is 10.9 Å². The van der Waals surface area contributed by atoms with Crippen molar-refractivity contribution in [3.8, 4) is 0 Å². The molecule has 0 aliphatic carbocycles. The maximum Gasteiger partial charge on any atom is 0.278 e. The van der Waals surface area contributed by atoms with Gasteiger partial charge in [-0.05, 0) is 25.1 Å². The van der Waals surface area contributed by atoms with E-state index in [1.54, 1.807) is 13.8 Å². The molecule has 6 atom stereocenters. The van der Waals surface area contributed by atoms with Crippen LogP contribution in [0.25, 0.3) is 11.2 Å². The molecule has 3 fully saturated rings. The summed E-state index contributed by atoms with van der Waals surface area (Å²) in [4.78, 5) is 34.6. The monoisotopic (exact) mass is 525 g/mol. The summed E-state index contributed by atoms with van der Waals surface area (Å²) in [6, 6.07) is 0. The molecule has 0 bridgehead atoms. The first-order chi connectivity index (χ1) is 17.3. The normalized spacial score (nSPS) is 30.6. The molecule has 2 aromatic rings. The van der Waals surface area contributed by atoms with Gasteiger partial charge in [0, 0.05) is 32.0 Å². The van der Waals surface area contributed by atoms with Gasteiger partial charge in [0.1, 0.15) is 18.3 Å². The zero-order chi connectivity index (χ0) is 25.4. The average molecular weight is 526 g/mol. The van der Waals surface area contributed by atoms with E-state index >= 15 is 0 Å². The van der Waals surface area contributed by atoms with E-state index < -0.39 is 36.4 Å². The van der Waals surface area contributed by atoms with Gasteiger partial charge in [-0.25, -0.2) is 0 Å². The van der Waals surface area contributed by atoms with Crippen molar-refractivity contribution in [2.24, 2.45) is 5.92 Å². The lowest BCUT2D eigenvalue weighted by molar-refractivity contribution is -0.190. The van der Waals surface area contributed by atoms with E-state index in [4.69, 9.17) is 35.9 Å². The zero-order valence-corrected chi connectivity index (χ0v) is 20.9. The molecule has 4 N–H and O–H groups in total. The number of aromatic amines is 2. The molecule has 0 aromatic carbocycles. The van der Waals surface area contributed by atoms with Gasteiger partial charge in [-0.2, -0.15) is 4.98 Å². The summed E-state index contributed by atoms with van der Waals surface area (Å²) < 4.78 is 30.9. The Labute approximate surface area is 211 Å². The van der Waals surface area contributed by atoms with Crippen LogP contribution in [-0.4, -0.2) is 81.2 Å². The van der Waals surface area contributed by atoms with E-state index in [1.807, 2.05) is 0 Å². The lowest BCUT2D eigenvalue weighted by Gasteiger charge is -2.24. The molecule has 14 heteroatoms. The predicted octanol–water partition coefficient (Wildman–Crippen LogP) is 1.31. The van der Waals surface area contributed by atoms with Crippen molar-refractivity contribution in [1.82, 2.24) is 19.5 Å².